The SMILES string of the molecule is CC(C)(C)OC(=O)NCCOCCN1C(=O)CC(C)(C)C1=O. The Kier molecular flexibility index (Phi) is 5.93. The van der Waals surface area contributed by atoms with Crippen LogP contribution >= 0.6 is 0 Å². The Balaban J connectivity index is 2.15. The van der Waals surface area contributed by atoms with Gasteiger partial charge in [-0.05, 0) is 20.8 Å². The third-order valence-corrected chi connectivity index (χ3v) is 3.09. The van der Waals surface area contributed by atoms with Crippen molar-refractivity contribution in [3.05, 3.63) is 0 Å². The van der Waals surface area contributed by atoms with Gasteiger partial charge in [0.2, 0.25) is 11.8 Å². The molecule has 1 N–H and O–H groups in total. The second-order valence-corrected chi connectivity index (χ2v) is 6.95. The summed E-state index contributed by atoms with van der Waals surface area (Å²) in [6.45, 7) is 9.98. The molecule has 0 unspecified atom stereocenters. The molecule has 0 aromatic carbocycles. The highest BCUT2D eigenvalue weighted by atomic mass is 16.6. The molecule has 7 nitrogen and oxygen atoms in total. The van der Waals surface area contributed by atoms with Crippen LogP contribution in [0.5, 0.6) is 0 Å². The van der Waals surface area contributed by atoms with Crippen LogP contribution in [0.15, 0.2) is 0 Å². The first-order valence-electron chi connectivity index (χ1n) is 7.42. The number of nitrogens with zero attached hydrogens (tertiary/aromatic N) is 1. The molecule has 1 aliphatic rings. The van der Waals surface area contributed by atoms with Gasteiger partial charge in [0.25, 0.3) is 0 Å². The molecular weight excluding hydrogens is 288 g/mol. The minimum atomic E-state index is -0.616. The van der Waals surface area contributed by atoms with Gasteiger partial charge in [0, 0.05) is 13.0 Å². The molecule has 22 heavy (non-hydrogen) atoms. The van der Waals surface area contributed by atoms with Crippen molar-refractivity contribution in [1.82, 2.24) is 10.2 Å². The summed E-state index contributed by atoms with van der Waals surface area (Å²) >= 11 is 0. The summed E-state index contributed by atoms with van der Waals surface area (Å²) in [6, 6.07) is 0. The topological polar surface area (TPSA) is 84.9 Å². The van der Waals surface area contributed by atoms with E-state index >= 15 is 0 Å². The predicted octanol–water partition coefficient (Wildman–Crippen LogP) is 1.31. The normalized spacial score (nSPS) is 17.8. The molecule has 0 aromatic rings. The molecule has 3 amide bonds. The van der Waals surface area contributed by atoms with E-state index in [1.165, 1.54) is 4.90 Å². The zero-order chi connectivity index (χ0) is 17.0. The molecule has 0 aliphatic carbocycles. The van der Waals surface area contributed by atoms with Crippen LogP contribution in [0.25, 0.3) is 0 Å². The summed E-state index contributed by atoms with van der Waals surface area (Å²) in [7, 11) is 0. The standard InChI is InChI=1S/C15H26N2O5/c1-14(2,3)22-13(20)16-6-8-21-9-7-17-11(18)10-15(4,5)12(17)19/h6-10H2,1-5H3,(H,16,20). The van der Waals surface area contributed by atoms with Gasteiger partial charge in [-0.15, -0.1) is 0 Å². The van der Waals surface area contributed by atoms with E-state index in [1.54, 1.807) is 34.6 Å². The molecule has 0 aromatic heterocycles. The third-order valence-electron chi connectivity index (χ3n) is 3.09. The highest BCUT2D eigenvalue weighted by Gasteiger charge is 2.44. The average molecular weight is 314 g/mol. The summed E-state index contributed by atoms with van der Waals surface area (Å²) in [4.78, 5) is 36.3. The van der Waals surface area contributed by atoms with Crippen molar-refractivity contribution in [2.45, 2.75) is 46.6 Å². The van der Waals surface area contributed by atoms with E-state index in [2.05, 4.69) is 5.32 Å². The molecule has 1 aliphatic heterocycles. The molecule has 1 fully saturated rings. The van der Waals surface area contributed by atoms with Gasteiger partial charge in [-0.1, -0.05) is 13.8 Å². The lowest BCUT2D eigenvalue weighted by atomic mass is 9.92. The van der Waals surface area contributed by atoms with E-state index in [0.717, 1.165) is 0 Å². The van der Waals surface area contributed by atoms with Crippen LogP contribution < -0.4 is 5.32 Å². The molecule has 1 heterocycles. The second kappa shape index (κ2) is 7.09. The van der Waals surface area contributed by atoms with E-state index in [4.69, 9.17) is 9.47 Å². The lowest BCUT2D eigenvalue weighted by molar-refractivity contribution is -0.141. The first kappa shape index (κ1) is 18.4. The van der Waals surface area contributed by atoms with Crippen LogP contribution in [-0.4, -0.2) is 54.7 Å². The Morgan fingerprint density at radius 3 is 2.41 bits per heavy atom. The summed E-state index contributed by atoms with van der Waals surface area (Å²) in [6.07, 6.45) is -0.255. The van der Waals surface area contributed by atoms with Crippen molar-refractivity contribution >= 4 is 17.9 Å². The largest absolute Gasteiger partial charge is 0.444 e. The molecule has 0 radical (unpaired) electrons. The van der Waals surface area contributed by atoms with Gasteiger partial charge in [0.05, 0.1) is 25.2 Å². The molecule has 1 rings (SSSR count). The number of carbonyl (C=O) groups excluding carboxylic acids is 3. The highest BCUT2D eigenvalue weighted by molar-refractivity contribution is 6.05. The maximum absolute atomic E-state index is 12.0. The van der Waals surface area contributed by atoms with Crippen molar-refractivity contribution in [2.24, 2.45) is 5.41 Å². The first-order chi connectivity index (χ1) is 10.0. The van der Waals surface area contributed by atoms with E-state index in [0.29, 0.717) is 13.2 Å². The number of hydrogen-bond donors (Lipinski definition) is 1. The van der Waals surface area contributed by atoms with Crippen LogP contribution in [0.4, 0.5) is 4.79 Å². The van der Waals surface area contributed by atoms with Gasteiger partial charge in [-0.25, -0.2) is 4.79 Å². The Bertz CT molecular complexity index is 440. The van der Waals surface area contributed by atoms with Crippen molar-refractivity contribution in [3.63, 3.8) is 0 Å². The van der Waals surface area contributed by atoms with Crippen LogP contribution in [0, 0.1) is 5.41 Å². The molecule has 126 valence electrons. The third kappa shape index (κ3) is 5.63. The van der Waals surface area contributed by atoms with Crippen molar-refractivity contribution < 1.29 is 23.9 Å². The van der Waals surface area contributed by atoms with Gasteiger partial charge in [-0.3, -0.25) is 14.5 Å². The van der Waals surface area contributed by atoms with Gasteiger partial charge < -0.3 is 14.8 Å². The quantitative estimate of drug-likeness (QED) is 0.590. The number of carbonyl (C=O) groups is 3. The molecule has 1 saturated heterocycles. The summed E-state index contributed by atoms with van der Waals surface area (Å²) in [5.41, 5.74) is -1.15. The van der Waals surface area contributed by atoms with Gasteiger partial charge in [0.1, 0.15) is 5.60 Å². The van der Waals surface area contributed by atoms with Crippen LogP contribution in [0.2, 0.25) is 0 Å². The number of likely N-dealkylation sites (tertiary alicyclic amines) is 1. The number of alkyl carbamates (subject to hydrolysis) is 1. The smallest absolute Gasteiger partial charge is 0.407 e. The number of nitrogens with one attached hydrogen (secondary N) is 1. The summed E-state index contributed by atoms with van der Waals surface area (Å²) in [5.74, 6) is -0.321. The van der Waals surface area contributed by atoms with Crippen LogP contribution in [0.1, 0.15) is 41.0 Å². The zero-order valence-electron chi connectivity index (χ0n) is 14.0. The fourth-order valence-electron chi connectivity index (χ4n) is 2.05. The molecule has 0 atom stereocenters. The van der Waals surface area contributed by atoms with Crippen LogP contribution in [0.3, 0.4) is 0 Å². The molecule has 0 spiro atoms. The number of amides is 3. The maximum atomic E-state index is 12.0. The van der Waals surface area contributed by atoms with Gasteiger partial charge in [0.15, 0.2) is 0 Å². The van der Waals surface area contributed by atoms with E-state index in [1.807, 2.05) is 0 Å². The molecule has 7 heteroatoms. The zero-order valence-corrected chi connectivity index (χ0v) is 14.0. The van der Waals surface area contributed by atoms with E-state index < -0.39 is 17.1 Å². The Hall–Kier alpha value is -1.63. The number of hydrogen-bond acceptors (Lipinski definition) is 5. The fraction of sp³-hybridized carbons (Fsp3) is 0.800. The van der Waals surface area contributed by atoms with Gasteiger partial charge in [-0.2, -0.15) is 0 Å². The minimum Gasteiger partial charge on any atom is -0.444 e. The van der Waals surface area contributed by atoms with Crippen molar-refractivity contribution in [2.75, 3.05) is 26.3 Å². The predicted molar refractivity (Wildman–Crippen MR) is 80.2 cm³/mol. The highest BCUT2D eigenvalue weighted by Crippen LogP contribution is 2.31. The monoisotopic (exact) mass is 314 g/mol. The Morgan fingerprint density at radius 2 is 1.91 bits per heavy atom. The van der Waals surface area contributed by atoms with Gasteiger partial charge >= 0.3 is 6.09 Å². The van der Waals surface area contributed by atoms with E-state index in [-0.39, 0.29) is 31.4 Å². The molecular formula is C15H26N2O5. The number of rotatable bonds is 6. The molecule has 0 saturated carbocycles. The lowest BCUT2D eigenvalue weighted by Gasteiger charge is -2.20. The fourth-order valence-corrected chi connectivity index (χ4v) is 2.05. The second-order valence-electron chi connectivity index (χ2n) is 6.95. The number of ether oxygens (including phenoxy) is 2. The Morgan fingerprint density at radius 1 is 1.27 bits per heavy atom. The summed E-state index contributed by atoms with van der Waals surface area (Å²) < 4.78 is 10.4. The maximum Gasteiger partial charge on any atom is 0.407 e. The van der Waals surface area contributed by atoms with Crippen LogP contribution in [-0.2, 0) is 19.1 Å². The summed E-state index contributed by atoms with van der Waals surface area (Å²) in [5, 5.41) is 2.56. The lowest BCUT2D eigenvalue weighted by Crippen LogP contribution is -2.36. The average Bonchev–Trinajstić information content (AvgIpc) is 2.52. The molecule has 0 bridgehead atoms. The van der Waals surface area contributed by atoms with Crippen molar-refractivity contribution in [1.29, 1.82) is 0 Å². The minimum absolute atomic E-state index is 0.159. The number of imide groups is 1. The van der Waals surface area contributed by atoms with E-state index in [9.17, 15) is 14.4 Å². The van der Waals surface area contributed by atoms with Crippen molar-refractivity contribution in [3.8, 4) is 0 Å². The Labute approximate surface area is 131 Å². The first-order valence-corrected chi connectivity index (χ1v) is 7.42.